The number of hydrogen-bond donors (Lipinski definition) is 2. The lowest BCUT2D eigenvalue weighted by Crippen LogP contribution is -2.06. The number of imidazole rings is 1. The number of aliphatic hydroxyl groups excluding tert-OH is 2. The van der Waals surface area contributed by atoms with Gasteiger partial charge in [0.2, 0.25) is 5.65 Å². The van der Waals surface area contributed by atoms with Crippen molar-refractivity contribution >= 4 is 21.6 Å². The van der Waals surface area contributed by atoms with Crippen LogP contribution in [0.2, 0.25) is 0 Å². The summed E-state index contributed by atoms with van der Waals surface area (Å²) in [6.07, 6.45) is 1.52. The van der Waals surface area contributed by atoms with E-state index in [4.69, 9.17) is 4.74 Å². The molecule has 0 aromatic carbocycles. The molecule has 86 valence electrons. The van der Waals surface area contributed by atoms with Crippen LogP contribution in [0, 0.1) is 0 Å². The van der Waals surface area contributed by atoms with Gasteiger partial charge in [-0.15, -0.1) is 0 Å². The minimum atomic E-state index is -0.211. The Kier molecular flexibility index (Phi) is 3.08. The molecule has 0 saturated carbocycles. The Bertz CT molecular complexity index is 526. The Balaban J connectivity index is 2.85. The molecule has 0 spiro atoms. The first-order valence-corrected chi connectivity index (χ1v) is 5.32. The second-order valence-electron chi connectivity index (χ2n) is 3.08. The van der Waals surface area contributed by atoms with Crippen LogP contribution in [0.15, 0.2) is 10.8 Å². The van der Waals surface area contributed by atoms with Gasteiger partial charge in [-0.05, 0) is 15.9 Å². The minimum Gasteiger partial charge on any atom is -0.478 e. The van der Waals surface area contributed by atoms with Crippen molar-refractivity contribution in [1.82, 2.24) is 14.4 Å². The largest absolute Gasteiger partial charge is 0.478 e. The Morgan fingerprint density at radius 1 is 1.44 bits per heavy atom. The molecule has 2 N–H and O–H groups in total. The van der Waals surface area contributed by atoms with Gasteiger partial charge in [-0.25, -0.2) is 9.97 Å². The number of halogens is 1. The van der Waals surface area contributed by atoms with Gasteiger partial charge >= 0.3 is 0 Å². The van der Waals surface area contributed by atoms with Crippen molar-refractivity contribution in [2.24, 2.45) is 0 Å². The number of aliphatic hydroxyl groups is 2. The topological polar surface area (TPSA) is 79.9 Å². The molecule has 0 aliphatic rings. The number of nitrogens with zero attached hydrogens (tertiary/aromatic N) is 3. The molecule has 0 saturated heterocycles. The van der Waals surface area contributed by atoms with Crippen molar-refractivity contribution < 1.29 is 14.9 Å². The summed E-state index contributed by atoms with van der Waals surface area (Å²) in [6.45, 7) is -0.384. The lowest BCUT2D eigenvalue weighted by molar-refractivity contribution is 0.262. The molecule has 2 aromatic heterocycles. The fourth-order valence-corrected chi connectivity index (χ4v) is 1.98. The fourth-order valence-electron chi connectivity index (χ4n) is 1.52. The van der Waals surface area contributed by atoms with Crippen LogP contribution >= 0.6 is 15.9 Å². The number of rotatable bonds is 3. The average molecular weight is 288 g/mol. The molecule has 0 bridgehead atoms. The average Bonchev–Trinajstić information content (AvgIpc) is 2.71. The van der Waals surface area contributed by atoms with Crippen LogP contribution in [-0.4, -0.2) is 31.7 Å². The van der Waals surface area contributed by atoms with Gasteiger partial charge in [-0.3, -0.25) is 4.40 Å². The molecule has 0 aliphatic heterocycles. The van der Waals surface area contributed by atoms with Gasteiger partial charge < -0.3 is 14.9 Å². The zero-order valence-electron chi connectivity index (χ0n) is 8.51. The molecule has 2 heterocycles. The van der Waals surface area contributed by atoms with Crippen LogP contribution in [0.5, 0.6) is 5.88 Å². The first kappa shape index (κ1) is 11.3. The van der Waals surface area contributed by atoms with E-state index in [1.807, 2.05) is 0 Å². The third-order valence-electron chi connectivity index (χ3n) is 2.24. The van der Waals surface area contributed by atoms with E-state index in [2.05, 4.69) is 25.9 Å². The molecule has 2 rings (SSSR count). The number of methoxy groups -OCH3 is 1. The summed E-state index contributed by atoms with van der Waals surface area (Å²) in [4.78, 5) is 8.20. The monoisotopic (exact) mass is 287 g/mol. The smallest absolute Gasteiger partial charge is 0.259 e. The van der Waals surface area contributed by atoms with Crippen molar-refractivity contribution in [2.75, 3.05) is 7.11 Å². The molecule has 7 heteroatoms. The van der Waals surface area contributed by atoms with E-state index >= 15 is 0 Å². The molecule has 16 heavy (non-hydrogen) atoms. The maximum atomic E-state index is 9.28. The fraction of sp³-hybridized carbons (Fsp3) is 0.333. The maximum absolute atomic E-state index is 9.28. The van der Waals surface area contributed by atoms with Gasteiger partial charge in [0.25, 0.3) is 5.88 Å². The Hall–Kier alpha value is -1.18. The summed E-state index contributed by atoms with van der Waals surface area (Å²) in [5.41, 5.74) is 1.57. The highest BCUT2D eigenvalue weighted by molar-refractivity contribution is 9.10. The lowest BCUT2D eigenvalue weighted by Gasteiger charge is -2.09. The SMILES string of the molecule is COc1nc(Br)c(CO)n2c(CO)cnc12. The Morgan fingerprint density at radius 3 is 2.75 bits per heavy atom. The summed E-state index contributed by atoms with van der Waals surface area (Å²) in [6, 6.07) is 0. The van der Waals surface area contributed by atoms with Gasteiger partial charge in [0.1, 0.15) is 4.60 Å². The molecule has 0 aliphatic carbocycles. The van der Waals surface area contributed by atoms with Crippen molar-refractivity contribution in [3.05, 3.63) is 22.2 Å². The van der Waals surface area contributed by atoms with Gasteiger partial charge in [0, 0.05) is 0 Å². The van der Waals surface area contributed by atoms with Crippen LogP contribution in [0.1, 0.15) is 11.4 Å². The van der Waals surface area contributed by atoms with E-state index in [9.17, 15) is 10.2 Å². The Morgan fingerprint density at radius 2 is 2.19 bits per heavy atom. The zero-order chi connectivity index (χ0) is 11.7. The molecule has 0 unspecified atom stereocenters. The van der Waals surface area contributed by atoms with Crippen molar-refractivity contribution in [3.63, 3.8) is 0 Å². The second kappa shape index (κ2) is 4.36. The molecule has 6 nitrogen and oxygen atoms in total. The predicted molar refractivity (Wildman–Crippen MR) is 59.1 cm³/mol. The normalized spacial score (nSPS) is 11.0. The second-order valence-corrected chi connectivity index (χ2v) is 3.83. The first-order chi connectivity index (χ1) is 7.72. The summed E-state index contributed by atoms with van der Waals surface area (Å²) in [7, 11) is 1.49. The minimum absolute atomic E-state index is 0.173. The number of fused-ring (bicyclic) bond motifs is 1. The predicted octanol–water partition coefficient (Wildman–Crippen LogP) is 0.485. The van der Waals surface area contributed by atoms with Crippen LogP contribution in [0.4, 0.5) is 0 Å². The van der Waals surface area contributed by atoms with E-state index in [-0.39, 0.29) is 13.2 Å². The third kappa shape index (κ3) is 1.57. The maximum Gasteiger partial charge on any atom is 0.259 e. The third-order valence-corrected chi connectivity index (χ3v) is 2.87. The van der Waals surface area contributed by atoms with Gasteiger partial charge in [-0.2, -0.15) is 0 Å². The van der Waals surface area contributed by atoms with Crippen LogP contribution in [0.25, 0.3) is 5.65 Å². The summed E-state index contributed by atoms with van der Waals surface area (Å²) in [5.74, 6) is 0.337. The molecule has 0 radical (unpaired) electrons. The quantitative estimate of drug-likeness (QED) is 0.859. The van der Waals surface area contributed by atoms with E-state index in [0.29, 0.717) is 27.5 Å². The van der Waals surface area contributed by atoms with E-state index in [0.717, 1.165) is 0 Å². The molecule has 0 amide bonds. The zero-order valence-corrected chi connectivity index (χ0v) is 10.1. The summed E-state index contributed by atoms with van der Waals surface area (Å²) < 4.78 is 7.16. The lowest BCUT2D eigenvalue weighted by atomic mass is 10.4. The van der Waals surface area contributed by atoms with E-state index in [1.165, 1.54) is 13.3 Å². The van der Waals surface area contributed by atoms with E-state index < -0.39 is 0 Å². The van der Waals surface area contributed by atoms with Crippen molar-refractivity contribution in [3.8, 4) is 5.88 Å². The highest BCUT2D eigenvalue weighted by atomic mass is 79.9. The standard InChI is InChI=1S/C9H10BrN3O3/c1-16-9-8-11-2-5(3-14)13(8)6(4-15)7(10)12-9/h2,14-15H,3-4H2,1H3. The Labute approximate surface area is 99.7 Å². The highest BCUT2D eigenvalue weighted by Gasteiger charge is 2.16. The number of ether oxygens (including phenoxy) is 1. The molecular weight excluding hydrogens is 278 g/mol. The first-order valence-electron chi connectivity index (χ1n) is 4.53. The summed E-state index contributed by atoms with van der Waals surface area (Å²) >= 11 is 3.24. The molecule has 0 fully saturated rings. The van der Waals surface area contributed by atoms with E-state index in [1.54, 1.807) is 4.40 Å². The van der Waals surface area contributed by atoms with Gasteiger partial charge in [0.05, 0.1) is 37.9 Å². The van der Waals surface area contributed by atoms with Gasteiger partial charge in [0.15, 0.2) is 0 Å². The highest BCUT2D eigenvalue weighted by Crippen LogP contribution is 2.25. The molecular formula is C9H10BrN3O3. The molecule has 0 atom stereocenters. The van der Waals surface area contributed by atoms with Gasteiger partial charge in [-0.1, -0.05) is 0 Å². The van der Waals surface area contributed by atoms with Crippen molar-refractivity contribution in [2.45, 2.75) is 13.2 Å². The van der Waals surface area contributed by atoms with Crippen molar-refractivity contribution in [1.29, 1.82) is 0 Å². The number of hydrogen-bond acceptors (Lipinski definition) is 5. The molecule has 2 aromatic rings. The van der Waals surface area contributed by atoms with Crippen LogP contribution < -0.4 is 4.74 Å². The summed E-state index contributed by atoms with van der Waals surface area (Å²) in [5, 5.41) is 18.5. The van der Waals surface area contributed by atoms with Crippen LogP contribution in [-0.2, 0) is 13.2 Å². The number of aromatic nitrogens is 3. The van der Waals surface area contributed by atoms with Crippen LogP contribution in [0.3, 0.4) is 0 Å².